The Kier molecular flexibility index (Phi) is 5.13. The molecule has 0 atom stereocenters. The van der Waals surface area contributed by atoms with E-state index in [0.717, 1.165) is 12.3 Å². The third-order valence-corrected chi connectivity index (χ3v) is 1.28. The van der Waals surface area contributed by atoms with Gasteiger partial charge in [0.1, 0.15) is 5.69 Å². The lowest BCUT2D eigenvalue weighted by atomic mass is 10.4. The molecule has 1 N–H and O–H groups in total. The summed E-state index contributed by atoms with van der Waals surface area (Å²) in [6, 6.07) is 1.02. The summed E-state index contributed by atoms with van der Waals surface area (Å²) in [5.41, 5.74) is 0.0694. The molecule has 0 aliphatic carbocycles. The van der Waals surface area contributed by atoms with Gasteiger partial charge in [0.05, 0.1) is 0 Å². The Morgan fingerprint density at radius 1 is 1.57 bits per heavy atom. The summed E-state index contributed by atoms with van der Waals surface area (Å²) in [7, 11) is 1.46. The Bertz CT molecular complexity index is 317. The maximum atomic E-state index is 12.5. The van der Waals surface area contributed by atoms with Crippen molar-refractivity contribution in [2.24, 2.45) is 0 Å². The van der Waals surface area contributed by atoms with E-state index in [4.69, 9.17) is 0 Å². The van der Waals surface area contributed by atoms with Crippen molar-refractivity contribution in [3.8, 4) is 0 Å². The number of halogens is 1. The summed E-state index contributed by atoms with van der Waals surface area (Å²) in [4.78, 5) is 12.9. The monoisotopic (exact) mass is 201 g/mol. The fourth-order valence-corrected chi connectivity index (χ4v) is 0.762. The predicted molar refractivity (Wildman–Crippen MR) is 51.7 cm³/mol. The highest BCUT2D eigenvalue weighted by molar-refractivity contribution is 5.56. The van der Waals surface area contributed by atoms with Crippen molar-refractivity contribution in [3.63, 3.8) is 0 Å². The number of pyridine rings is 1. The largest absolute Gasteiger partial charge is 0.387 e. The van der Waals surface area contributed by atoms with Crippen LogP contribution in [0.15, 0.2) is 12.3 Å². The first-order chi connectivity index (χ1) is 6.65. The van der Waals surface area contributed by atoms with E-state index in [9.17, 15) is 14.5 Å². The van der Waals surface area contributed by atoms with Crippen molar-refractivity contribution in [1.82, 2.24) is 4.98 Å². The summed E-state index contributed by atoms with van der Waals surface area (Å²) in [6.07, 6.45) is 0.805. The Morgan fingerprint density at radius 3 is 2.57 bits per heavy atom. The molecule has 1 aromatic heterocycles. The van der Waals surface area contributed by atoms with E-state index in [0.29, 0.717) is 0 Å². The van der Waals surface area contributed by atoms with Crippen LogP contribution in [0.4, 0.5) is 15.9 Å². The summed E-state index contributed by atoms with van der Waals surface area (Å²) in [5, 5.41) is 12.7. The van der Waals surface area contributed by atoms with E-state index in [1.54, 1.807) is 0 Å². The van der Waals surface area contributed by atoms with Gasteiger partial charge in [-0.3, -0.25) is 0 Å². The van der Waals surface area contributed by atoms with Crippen LogP contribution in [0.5, 0.6) is 0 Å². The number of nitro groups is 1. The van der Waals surface area contributed by atoms with Gasteiger partial charge in [-0.2, -0.15) is 0 Å². The lowest BCUT2D eigenvalue weighted by Crippen LogP contribution is -1.99. The first-order valence-electron chi connectivity index (χ1n) is 4.13. The highest BCUT2D eigenvalue weighted by Gasteiger charge is 2.14. The Labute approximate surface area is 81.1 Å². The summed E-state index contributed by atoms with van der Waals surface area (Å²) < 4.78 is 12.5. The van der Waals surface area contributed by atoms with E-state index in [2.05, 4.69) is 10.3 Å². The van der Waals surface area contributed by atoms with E-state index >= 15 is 0 Å². The van der Waals surface area contributed by atoms with Gasteiger partial charge in [0.15, 0.2) is 12.0 Å². The third-order valence-electron chi connectivity index (χ3n) is 1.28. The zero-order valence-corrected chi connectivity index (χ0v) is 8.24. The third kappa shape index (κ3) is 2.96. The Balaban J connectivity index is 0.000000791. The molecule has 0 amide bonds. The average Bonchev–Trinajstić information content (AvgIpc) is 2.20. The number of hydrogen-bond donors (Lipinski definition) is 1. The van der Waals surface area contributed by atoms with Gasteiger partial charge in [0.25, 0.3) is 0 Å². The summed E-state index contributed by atoms with van der Waals surface area (Å²) in [5.74, 6) is -0.983. The van der Waals surface area contributed by atoms with Crippen molar-refractivity contribution in [2.45, 2.75) is 13.8 Å². The predicted octanol–water partition coefficient (Wildman–Crippen LogP) is 2.20. The normalized spacial score (nSPS) is 8.57. The Morgan fingerprint density at radius 2 is 2.14 bits per heavy atom. The van der Waals surface area contributed by atoms with Crippen LogP contribution in [0.25, 0.3) is 0 Å². The molecule has 0 radical (unpaired) electrons. The number of nitrogens with one attached hydrogen (secondary N) is 1. The van der Waals surface area contributed by atoms with E-state index in [1.807, 2.05) is 13.8 Å². The number of hydrogen-bond acceptors (Lipinski definition) is 4. The van der Waals surface area contributed by atoms with Gasteiger partial charge in [-0.15, -0.1) is 0 Å². The number of rotatable bonds is 2. The summed E-state index contributed by atoms with van der Waals surface area (Å²) >= 11 is 0. The topological polar surface area (TPSA) is 68.1 Å². The molecule has 1 heterocycles. The maximum Gasteiger partial charge on any atom is 0.387 e. The first-order valence-corrected chi connectivity index (χ1v) is 4.13. The maximum absolute atomic E-state index is 12.5. The van der Waals surface area contributed by atoms with Crippen LogP contribution in [-0.4, -0.2) is 17.0 Å². The fourth-order valence-electron chi connectivity index (χ4n) is 0.762. The zero-order chi connectivity index (χ0) is 11.1. The van der Waals surface area contributed by atoms with Gasteiger partial charge in [-0.25, -0.2) is 4.39 Å². The van der Waals surface area contributed by atoms with Crippen molar-refractivity contribution in [1.29, 1.82) is 0 Å². The molecule has 0 saturated heterocycles. The van der Waals surface area contributed by atoms with Crippen molar-refractivity contribution in [2.75, 3.05) is 12.4 Å². The number of aromatic nitrogens is 1. The smallest absolute Gasteiger partial charge is 0.381 e. The zero-order valence-electron chi connectivity index (χ0n) is 8.24. The number of anilines is 1. The fraction of sp³-hybridized carbons (Fsp3) is 0.375. The van der Waals surface area contributed by atoms with Gasteiger partial charge >= 0.3 is 5.82 Å². The second kappa shape index (κ2) is 5.85. The lowest BCUT2D eigenvalue weighted by molar-refractivity contribution is -0.388. The quantitative estimate of drug-likeness (QED) is 0.588. The lowest BCUT2D eigenvalue weighted by Gasteiger charge is -1.99. The molecular weight excluding hydrogens is 189 g/mol. The Hall–Kier alpha value is -1.72. The van der Waals surface area contributed by atoms with E-state index in [1.165, 1.54) is 7.05 Å². The van der Waals surface area contributed by atoms with Crippen LogP contribution in [0.3, 0.4) is 0 Å². The molecule has 0 spiro atoms. The molecule has 5 nitrogen and oxygen atoms in total. The van der Waals surface area contributed by atoms with Crippen LogP contribution >= 0.6 is 0 Å². The molecule has 0 aromatic carbocycles. The minimum Gasteiger partial charge on any atom is -0.381 e. The van der Waals surface area contributed by atoms with E-state index < -0.39 is 10.7 Å². The molecule has 0 bridgehead atoms. The molecule has 0 unspecified atom stereocenters. The molecular formula is C8H12FN3O2. The highest BCUT2D eigenvalue weighted by Crippen LogP contribution is 2.20. The molecule has 0 saturated carbocycles. The second-order valence-corrected chi connectivity index (χ2v) is 2.03. The van der Waals surface area contributed by atoms with Crippen LogP contribution in [0.2, 0.25) is 0 Å². The highest BCUT2D eigenvalue weighted by atomic mass is 19.1. The molecule has 0 fully saturated rings. The minimum atomic E-state index is -0.675. The van der Waals surface area contributed by atoms with Gasteiger partial charge in [-0.1, -0.05) is 13.8 Å². The standard InChI is InChI=1S/C6H6FN3O2.C2H6/c1-8-5-2-4(7)3-9-6(5)10(11)12;1-2/h2-3,8H,1H3;1-2H3. The van der Waals surface area contributed by atoms with Crippen LogP contribution in [0, 0.1) is 15.9 Å². The van der Waals surface area contributed by atoms with Crippen molar-refractivity contribution >= 4 is 11.5 Å². The van der Waals surface area contributed by atoms with E-state index in [-0.39, 0.29) is 11.5 Å². The van der Waals surface area contributed by atoms with Gasteiger partial charge in [-0.05, 0) is 9.91 Å². The van der Waals surface area contributed by atoms with Gasteiger partial charge < -0.3 is 15.4 Å². The minimum absolute atomic E-state index is 0.0694. The first kappa shape index (κ1) is 12.3. The molecule has 0 aliphatic heterocycles. The van der Waals surface area contributed by atoms with Crippen LogP contribution < -0.4 is 5.32 Å². The summed E-state index contributed by atoms with van der Waals surface area (Å²) in [6.45, 7) is 4.00. The number of nitrogens with zero attached hydrogens (tertiary/aromatic N) is 2. The molecule has 78 valence electrons. The molecule has 6 heteroatoms. The van der Waals surface area contributed by atoms with Crippen LogP contribution in [0.1, 0.15) is 13.8 Å². The van der Waals surface area contributed by atoms with Crippen LogP contribution in [-0.2, 0) is 0 Å². The molecule has 0 aliphatic rings. The molecule has 1 aromatic rings. The van der Waals surface area contributed by atoms with Gasteiger partial charge in [0, 0.05) is 13.1 Å². The SMILES string of the molecule is CC.CNc1cc(F)cnc1[N+](=O)[O-]. The molecule has 1 rings (SSSR count). The van der Waals surface area contributed by atoms with Crippen molar-refractivity contribution in [3.05, 3.63) is 28.2 Å². The van der Waals surface area contributed by atoms with Crippen molar-refractivity contribution < 1.29 is 9.31 Å². The van der Waals surface area contributed by atoms with Gasteiger partial charge in [0.2, 0.25) is 0 Å². The second-order valence-electron chi connectivity index (χ2n) is 2.03. The average molecular weight is 201 g/mol. The molecule has 14 heavy (non-hydrogen) atoms.